The van der Waals surface area contributed by atoms with Gasteiger partial charge in [-0.3, -0.25) is 4.79 Å². The normalized spacial score (nSPS) is 10.8. The predicted octanol–water partition coefficient (Wildman–Crippen LogP) is 4.62. The van der Waals surface area contributed by atoms with E-state index in [0.29, 0.717) is 23.7 Å². The van der Waals surface area contributed by atoms with Crippen LogP contribution in [0.5, 0.6) is 5.75 Å². The van der Waals surface area contributed by atoms with E-state index in [1.165, 1.54) is 18.2 Å². The van der Waals surface area contributed by atoms with Crippen molar-refractivity contribution in [2.24, 2.45) is 0 Å². The molecular formula is C16H18BrFN2O2. The van der Waals surface area contributed by atoms with Gasteiger partial charge in [0.15, 0.2) is 0 Å². The van der Waals surface area contributed by atoms with Crippen molar-refractivity contribution in [3.05, 3.63) is 46.4 Å². The Kier molecular flexibility index (Phi) is 5.24. The Morgan fingerprint density at radius 3 is 2.77 bits per heavy atom. The van der Waals surface area contributed by atoms with Gasteiger partial charge < -0.3 is 14.6 Å². The van der Waals surface area contributed by atoms with Crippen LogP contribution in [0.4, 0.5) is 10.1 Å². The fourth-order valence-corrected chi connectivity index (χ4v) is 2.55. The van der Waals surface area contributed by atoms with Crippen LogP contribution in [0.1, 0.15) is 37.3 Å². The van der Waals surface area contributed by atoms with Crippen LogP contribution in [0, 0.1) is 5.82 Å². The molecule has 0 spiro atoms. The Morgan fingerprint density at radius 1 is 1.41 bits per heavy atom. The summed E-state index contributed by atoms with van der Waals surface area (Å²) in [6.45, 7) is 6.18. The molecule has 0 aliphatic rings. The molecule has 1 aromatic carbocycles. The van der Waals surface area contributed by atoms with Crippen molar-refractivity contribution in [3.63, 3.8) is 0 Å². The lowest BCUT2D eigenvalue weighted by Crippen LogP contribution is -2.18. The Morgan fingerprint density at radius 2 is 2.14 bits per heavy atom. The average Bonchev–Trinajstić information content (AvgIpc) is 2.84. The number of rotatable bonds is 5. The van der Waals surface area contributed by atoms with Crippen molar-refractivity contribution in [1.82, 2.24) is 4.57 Å². The molecule has 4 nitrogen and oxygen atoms in total. The van der Waals surface area contributed by atoms with E-state index < -0.39 is 5.82 Å². The highest BCUT2D eigenvalue weighted by Crippen LogP contribution is 2.27. The van der Waals surface area contributed by atoms with Gasteiger partial charge in [0.1, 0.15) is 17.3 Å². The van der Waals surface area contributed by atoms with E-state index in [0.717, 1.165) is 4.47 Å². The number of carbonyl (C=O) groups excluding carboxylic acids is 1. The molecule has 118 valence electrons. The van der Waals surface area contributed by atoms with Crippen LogP contribution in [-0.4, -0.2) is 17.1 Å². The van der Waals surface area contributed by atoms with E-state index in [1.54, 1.807) is 13.0 Å². The monoisotopic (exact) mass is 368 g/mol. The average molecular weight is 369 g/mol. The Balaban J connectivity index is 2.29. The van der Waals surface area contributed by atoms with Gasteiger partial charge in [0.25, 0.3) is 5.91 Å². The highest BCUT2D eigenvalue weighted by molar-refractivity contribution is 9.10. The zero-order valence-electron chi connectivity index (χ0n) is 12.7. The molecule has 1 aromatic heterocycles. The van der Waals surface area contributed by atoms with Crippen molar-refractivity contribution >= 4 is 27.5 Å². The number of nitrogens with zero attached hydrogens (tertiary/aromatic N) is 1. The SMILES string of the molecule is CCOc1cc(F)ccc1NC(=O)c1cc(Br)cn1C(C)C. The van der Waals surface area contributed by atoms with E-state index in [9.17, 15) is 9.18 Å². The van der Waals surface area contributed by atoms with Gasteiger partial charge in [0.2, 0.25) is 0 Å². The van der Waals surface area contributed by atoms with Gasteiger partial charge in [-0.15, -0.1) is 0 Å². The fourth-order valence-electron chi connectivity index (χ4n) is 2.12. The molecular weight excluding hydrogens is 351 g/mol. The second kappa shape index (κ2) is 6.96. The van der Waals surface area contributed by atoms with E-state index >= 15 is 0 Å². The molecule has 0 saturated carbocycles. The smallest absolute Gasteiger partial charge is 0.272 e. The number of hydrogen-bond donors (Lipinski definition) is 1. The van der Waals surface area contributed by atoms with Crippen molar-refractivity contribution < 1.29 is 13.9 Å². The highest BCUT2D eigenvalue weighted by atomic mass is 79.9. The number of amides is 1. The summed E-state index contributed by atoms with van der Waals surface area (Å²) < 4.78 is 21.4. The number of halogens is 2. The van der Waals surface area contributed by atoms with E-state index in [2.05, 4.69) is 21.2 Å². The molecule has 1 heterocycles. The van der Waals surface area contributed by atoms with Gasteiger partial charge in [-0.2, -0.15) is 0 Å². The van der Waals surface area contributed by atoms with Gasteiger partial charge in [-0.05, 0) is 54.9 Å². The number of carbonyl (C=O) groups is 1. The number of anilines is 1. The van der Waals surface area contributed by atoms with Gasteiger partial charge in [0.05, 0.1) is 12.3 Å². The second-order valence-corrected chi connectivity index (χ2v) is 5.99. The lowest BCUT2D eigenvalue weighted by Gasteiger charge is -2.14. The fraction of sp³-hybridized carbons (Fsp3) is 0.312. The number of nitrogens with one attached hydrogen (secondary N) is 1. The quantitative estimate of drug-likeness (QED) is 0.836. The minimum atomic E-state index is -0.408. The van der Waals surface area contributed by atoms with Crippen LogP contribution in [-0.2, 0) is 0 Å². The second-order valence-electron chi connectivity index (χ2n) is 5.07. The molecule has 6 heteroatoms. The molecule has 0 unspecified atom stereocenters. The molecule has 0 bridgehead atoms. The number of benzene rings is 1. The molecule has 2 rings (SSSR count). The summed E-state index contributed by atoms with van der Waals surface area (Å²) in [5.41, 5.74) is 0.967. The third kappa shape index (κ3) is 3.68. The summed E-state index contributed by atoms with van der Waals surface area (Å²) >= 11 is 3.38. The molecule has 1 N–H and O–H groups in total. The lowest BCUT2D eigenvalue weighted by atomic mass is 10.2. The first kappa shape index (κ1) is 16.5. The maximum Gasteiger partial charge on any atom is 0.272 e. The van der Waals surface area contributed by atoms with Crippen molar-refractivity contribution in [3.8, 4) is 5.75 Å². The number of aromatic nitrogens is 1. The lowest BCUT2D eigenvalue weighted by molar-refractivity contribution is 0.101. The first-order chi connectivity index (χ1) is 10.4. The van der Waals surface area contributed by atoms with Crippen molar-refractivity contribution in [2.45, 2.75) is 26.8 Å². The van der Waals surface area contributed by atoms with Crippen LogP contribution < -0.4 is 10.1 Å². The van der Waals surface area contributed by atoms with Crippen LogP contribution >= 0.6 is 15.9 Å². The Hall–Kier alpha value is -1.82. The van der Waals surface area contributed by atoms with Gasteiger partial charge in [0, 0.05) is 22.8 Å². The van der Waals surface area contributed by atoms with Crippen LogP contribution in [0.15, 0.2) is 34.9 Å². The maximum atomic E-state index is 13.3. The molecule has 1 amide bonds. The minimum absolute atomic E-state index is 0.145. The molecule has 0 saturated heterocycles. The first-order valence-electron chi connectivity index (χ1n) is 7.03. The summed E-state index contributed by atoms with van der Waals surface area (Å²) in [7, 11) is 0. The van der Waals surface area contributed by atoms with Crippen molar-refractivity contribution in [2.75, 3.05) is 11.9 Å². The molecule has 0 fully saturated rings. The molecule has 0 aliphatic carbocycles. The standard InChI is InChI=1S/C16H18BrFN2O2/c1-4-22-15-8-12(18)5-6-13(15)19-16(21)14-7-11(17)9-20(14)10(2)3/h5-10H,4H2,1-3H3,(H,19,21). The zero-order chi connectivity index (χ0) is 16.3. The summed E-state index contributed by atoms with van der Waals surface area (Å²) in [5.74, 6) is -0.362. The van der Waals surface area contributed by atoms with Crippen LogP contribution in [0.2, 0.25) is 0 Å². The number of ether oxygens (including phenoxy) is 1. The third-order valence-corrected chi connectivity index (χ3v) is 3.53. The summed E-state index contributed by atoms with van der Waals surface area (Å²) in [6, 6.07) is 5.94. The highest BCUT2D eigenvalue weighted by Gasteiger charge is 2.17. The Bertz CT molecular complexity index is 683. The molecule has 22 heavy (non-hydrogen) atoms. The molecule has 0 aliphatic heterocycles. The van der Waals surface area contributed by atoms with E-state index in [4.69, 9.17) is 4.74 Å². The maximum absolute atomic E-state index is 13.3. The Labute approximate surface area is 137 Å². The van der Waals surface area contributed by atoms with Gasteiger partial charge in [-0.25, -0.2) is 4.39 Å². The molecule has 2 aromatic rings. The first-order valence-corrected chi connectivity index (χ1v) is 7.82. The van der Waals surface area contributed by atoms with Gasteiger partial charge >= 0.3 is 0 Å². The largest absolute Gasteiger partial charge is 0.492 e. The van der Waals surface area contributed by atoms with Crippen molar-refractivity contribution in [1.29, 1.82) is 0 Å². The number of hydrogen-bond acceptors (Lipinski definition) is 2. The summed E-state index contributed by atoms with van der Waals surface area (Å²) in [5, 5.41) is 2.78. The van der Waals surface area contributed by atoms with E-state index in [1.807, 2.05) is 24.6 Å². The zero-order valence-corrected chi connectivity index (χ0v) is 14.3. The summed E-state index contributed by atoms with van der Waals surface area (Å²) in [6.07, 6.45) is 1.85. The topological polar surface area (TPSA) is 43.3 Å². The van der Waals surface area contributed by atoms with E-state index in [-0.39, 0.29) is 11.9 Å². The van der Waals surface area contributed by atoms with Crippen LogP contribution in [0.25, 0.3) is 0 Å². The summed E-state index contributed by atoms with van der Waals surface area (Å²) in [4.78, 5) is 12.5. The van der Waals surface area contributed by atoms with Gasteiger partial charge in [-0.1, -0.05) is 0 Å². The third-order valence-electron chi connectivity index (χ3n) is 3.10. The van der Waals surface area contributed by atoms with Crippen LogP contribution in [0.3, 0.4) is 0 Å². The molecule has 0 radical (unpaired) electrons. The predicted molar refractivity (Wildman–Crippen MR) is 88.0 cm³/mol. The minimum Gasteiger partial charge on any atom is -0.492 e. The molecule has 0 atom stereocenters.